The van der Waals surface area contributed by atoms with Gasteiger partial charge in [0.1, 0.15) is 11.8 Å². The van der Waals surface area contributed by atoms with Crippen LogP contribution >= 0.6 is 24.4 Å². The van der Waals surface area contributed by atoms with Crippen molar-refractivity contribution in [3.63, 3.8) is 0 Å². The summed E-state index contributed by atoms with van der Waals surface area (Å²) in [5.41, 5.74) is 6.98. The second-order valence-electron chi connectivity index (χ2n) is 3.70. The molecule has 0 aromatic heterocycles. The van der Waals surface area contributed by atoms with Gasteiger partial charge in [-0.15, -0.1) is 0 Å². The van der Waals surface area contributed by atoms with E-state index in [9.17, 15) is 0 Å². The molecule has 7 nitrogen and oxygen atoms in total. The van der Waals surface area contributed by atoms with Crippen molar-refractivity contribution in [2.45, 2.75) is 19.4 Å². The molecule has 1 heterocycles. The molecule has 0 bridgehead atoms. The molecule has 1 saturated heterocycles. The molecule has 0 spiro atoms. The van der Waals surface area contributed by atoms with Crippen molar-refractivity contribution in [2.24, 2.45) is 10.2 Å². The fraction of sp³-hybridized carbons (Fsp3) is 0.600. The number of nitrogens with one attached hydrogen (secondary N) is 4. The molecule has 1 unspecified atom stereocenters. The molecule has 1 aliphatic rings. The molecule has 19 heavy (non-hydrogen) atoms. The van der Waals surface area contributed by atoms with Crippen LogP contribution in [0.1, 0.15) is 13.3 Å². The first-order chi connectivity index (χ1) is 9.08. The van der Waals surface area contributed by atoms with Gasteiger partial charge in [0.2, 0.25) is 0 Å². The quantitative estimate of drug-likeness (QED) is 0.412. The van der Waals surface area contributed by atoms with Crippen LogP contribution in [-0.2, 0) is 4.74 Å². The molecule has 0 radical (unpaired) electrons. The van der Waals surface area contributed by atoms with Crippen LogP contribution < -0.4 is 21.5 Å². The predicted octanol–water partition coefficient (Wildman–Crippen LogP) is -0.305. The maximum absolute atomic E-state index is 5.53. The Balaban J connectivity index is 2.80. The first-order valence-electron chi connectivity index (χ1n) is 5.80. The SMILES string of the molecule is CNC(=S)NN=C1CCOC(C)C1=NNC(=S)NC. The van der Waals surface area contributed by atoms with Crippen molar-refractivity contribution in [1.29, 1.82) is 0 Å². The second kappa shape index (κ2) is 7.97. The summed E-state index contributed by atoms with van der Waals surface area (Å²) in [7, 11) is 3.45. The summed E-state index contributed by atoms with van der Waals surface area (Å²) in [6.07, 6.45) is 0.515. The van der Waals surface area contributed by atoms with Crippen LogP contribution in [0.2, 0.25) is 0 Å². The summed E-state index contributed by atoms with van der Waals surface area (Å²) in [5.74, 6) is 0. The molecule has 0 amide bonds. The molecule has 0 aromatic rings. The molecular weight excluding hydrogens is 284 g/mol. The highest BCUT2D eigenvalue weighted by molar-refractivity contribution is 7.80. The Bertz CT molecular complexity index is 409. The van der Waals surface area contributed by atoms with Crippen molar-refractivity contribution < 1.29 is 4.74 Å². The van der Waals surface area contributed by atoms with Gasteiger partial charge in [0.25, 0.3) is 0 Å². The van der Waals surface area contributed by atoms with Crippen LogP contribution in [0.3, 0.4) is 0 Å². The predicted molar refractivity (Wildman–Crippen MR) is 84.5 cm³/mol. The summed E-state index contributed by atoms with van der Waals surface area (Å²) in [4.78, 5) is 0. The topological polar surface area (TPSA) is 82.1 Å². The van der Waals surface area contributed by atoms with Gasteiger partial charge in [-0.2, -0.15) is 10.2 Å². The Labute approximate surface area is 123 Å². The summed E-state index contributed by atoms with van der Waals surface area (Å²) in [6, 6.07) is 0. The van der Waals surface area contributed by atoms with Crippen LogP contribution in [0.5, 0.6) is 0 Å². The molecule has 1 atom stereocenters. The van der Waals surface area contributed by atoms with Crippen molar-refractivity contribution in [2.75, 3.05) is 20.7 Å². The van der Waals surface area contributed by atoms with Gasteiger partial charge in [0.05, 0.1) is 12.3 Å². The molecule has 1 aliphatic heterocycles. The highest BCUT2D eigenvalue weighted by Crippen LogP contribution is 2.08. The summed E-state index contributed by atoms with van der Waals surface area (Å²) < 4.78 is 5.53. The normalized spacial score (nSPS) is 23.0. The average Bonchev–Trinajstić information content (AvgIpc) is 2.43. The molecule has 1 fully saturated rings. The van der Waals surface area contributed by atoms with Crippen LogP contribution in [0, 0.1) is 0 Å². The van der Waals surface area contributed by atoms with Gasteiger partial charge < -0.3 is 15.4 Å². The lowest BCUT2D eigenvalue weighted by atomic mass is 10.1. The Morgan fingerprint density at radius 3 is 2.32 bits per heavy atom. The van der Waals surface area contributed by atoms with E-state index < -0.39 is 0 Å². The number of thiocarbonyl (C=S) groups is 2. The summed E-state index contributed by atoms with van der Waals surface area (Å²) in [5, 5.41) is 14.9. The van der Waals surface area contributed by atoms with E-state index in [1.807, 2.05) is 6.92 Å². The fourth-order valence-electron chi connectivity index (χ4n) is 1.38. The zero-order valence-electron chi connectivity index (χ0n) is 11.1. The minimum atomic E-state index is -0.149. The van der Waals surface area contributed by atoms with Crippen molar-refractivity contribution in [3.05, 3.63) is 0 Å². The molecule has 0 aliphatic carbocycles. The first-order valence-corrected chi connectivity index (χ1v) is 6.61. The maximum Gasteiger partial charge on any atom is 0.186 e. The third-order valence-electron chi connectivity index (χ3n) is 2.41. The van der Waals surface area contributed by atoms with Crippen molar-refractivity contribution in [1.82, 2.24) is 21.5 Å². The van der Waals surface area contributed by atoms with Gasteiger partial charge in [0, 0.05) is 20.5 Å². The molecule has 9 heteroatoms. The lowest BCUT2D eigenvalue weighted by Gasteiger charge is -2.23. The molecular formula is C10H18N6OS2. The van der Waals surface area contributed by atoms with E-state index in [4.69, 9.17) is 29.2 Å². The molecule has 1 rings (SSSR count). The van der Waals surface area contributed by atoms with Gasteiger partial charge in [-0.05, 0) is 31.4 Å². The van der Waals surface area contributed by atoms with Gasteiger partial charge in [-0.25, -0.2) is 0 Å². The van der Waals surface area contributed by atoms with E-state index in [1.165, 1.54) is 0 Å². The third-order valence-corrected chi connectivity index (χ3v) is 3.00. The monoisotopic (exact) mass is 302 g/mol. The lowest BCUT2D eigenvalue weighted by molar-refractivity contribution is 0.110. The van der Waals surface area contributed by atoms with Crippen LogP contribution in [0.25, 0.3) is 0 Å². The van der Waals surface area contributed by atoms with Crippen LogP contribution in [-0.4, -0.2) is 48.5 Å². The number of hydrogen-bond donors (Lipinski definition) is 4. The van der Waals surface area contributed by atoms with E-state index in [1.54, 1.807) is 14.1 Å². The maximum atomic E-state index is 5.53. The summed E-state index contributed by atoms with van der Waals surface area (Å²) >= 11 is 9.94. The van der Waals surface area contributed by atoms with E-state index >= 15 is 0 Å². The minimum absolute atomic E-state index is 0.149. The Kier molecular flexibility index (Phi) is 6.60. The van der Waals surface area contributed by atoms with Gasteiger partial charge in [-0.3, -0.25) is 10.9 Å². The van der Waals surface area contributed by atoms with Crippen molar-refractivity contribution in [3.8, 4) is 0 Å². The van der Waals surface area contributed by atoms with Gasteiger partial charge >= 0.3 is 0 Å². The molecule has 106 valence electrons. The number of hydrazone groups is 2. The minimum Gasteiger partial charge on any atom is -0.372 e. The number of rotatable bonds is 2. The molecule has 4 N–H and O–H groups in total. The highest BCUT2D eigenvalue weighted by atomic mass is 32.1. The molecule has 0 aromatic carbocycles. The zero-order chi connectivity index (χ0) is 14.3. The Morgan fingerprint density at radius 2 is 1.74 bits per heavy atom. The summed E-state index contributed by atoms with van der Waals surface area (Å²) in [6.45, 7) is 2.51. The van der Waals surface area contributed by atoms with E-state index in [-0.39, 0.29) is 6.10 Å². The standard InChI is InChI=1S/C10H18N6OS2/c1-6-8(14-16-10(19)12-3)7(4-5-17-6)13-15-9(18)11-2/h6H,4-5H2,1-3H3,(H2,11,15,18)(H2,12,16,19). The Morgan fingerprint density at radius 1 is 1.16 bits per heavy atom. The Hall–Kier alpha value is -1.32. The smallest absolute Gasteiger partial charge is 0.186 e. The van der Waals surface area contributed by atoms with Gasteiger partial charge in [0.15, 0.2) is 10.2 Å². The molecule has 0 saturated carbocycles. The highest BCUT2D eigenvalue weighted by Gasteiger charge is 2.23. The fourth-order valence-corrected chi connectivity index (χ4v) is 1.47. The van der Waals surface area contributed by atoms with Crippen LogP contribution in [0.4, 0.5) is 0 Å². The lowest BCUT2D eigenvalue weighted by Crippen LogP contribution is -2.40. The second-order valence-corrected chi connectivity index (χ2v) is 4.52. The van der Waals surface area contributed by atoms with E-state index in [0.29, 0.717) is 29.0 Å². The van der Waals surface area contributed by atoms with Gasteiger partial charge in [-0.1, -0.05) is 0 Å². The number of nitrogens with zero attached hydrogens (tertiary/aromatic N) is 2. The van der Waals surface area contributed by atoms with Crippen molar-refractivity contribution >= 4 is 46.1 Å². The zero-order valence-corrected chi connectivity index (χ0v) is 12.7. The average molecular weight is 302 g/mol. The number of hydrogen-bond acceptors (Lipinski definition) is 5. The first kappa shape index (κ1) is 15.7. The van der Waals surface area contributed by atoms with E-state index in [2.05, 4.69) is 31.7 Å². The van der Waals surface area contributed by atoms with Crippen LogP contribution in [0.15, 0.2) is 10.2 Å². The number of ether oxygens (including phenoxy) is 1. The largest absolute Gasteiger partial charge is 0.372 e. The van der Waals surface area contributed by atoms with E-state index in [0.717, 1.165) is 5.71 Å². The third kappa shape index (κ3) is 5.05.